The highest BCUT2D eigenvalue weighted by Gasteiger charge is 2.28. The third-order valence-corrected chi connectivity index (χ3v) is 4.68. The lowest BCUT2D eigenvalue weighted by Gasteiger charge is -2.07. The van der Waals surface area contributed by atoms with E-state index in [1.807, 2.05) is 0 Å². The first-order valence-corrected chi connectivity index (χ1v) is 8.61. The number of carbonyl (C=O) groups excluding carboxylic acids is 1. The number of nitrogens with zero attached hydrogens (tertiary/aromatic N) is 3. The van der Waals surface area contributed by atoms with Crippen LogP contribution in [-0.2, 0) is 10.0 Å². The minimum Gasteiger partial charge on any atom is -0.410 e. The molecule has 3 aromatic rings. The Labute approximate surface area is 146 Å². The number of aromatic nitrogens is 3. The highest BCUT2D eigenvalue weighted by atomic mass is 35.5. The number of hydrogen-bond donors (Lipinski definition) is 1. The second-order valence-corrected chi connectivity index (χ2v) is 6.78. The molecule has 0 atom stereocenters. The summed E-state index contributed by atoms with van der Waals surface area (Å²) < 4.78 is 32.3. The molecule has 0 unspecified atom stereocenters. The van der Waals surface area contributed by atoms with Gasteiger partial charge in [-0.25, -0.2) is 14.5 Å². The van der Waals surface area contributed by atoms with Gasteiger partial charge < -0.3 is 4.74 Å². The summed E-state index contributed by atoms with van der Waals surface area (Å²) in [5.41, 5.74) is 0.154. The van der Waals surface area contributed by atoms with Crippen LogP contribution in [0.15, 0.2) is 47.5 Å². The van der Waals surface area contributed by atoms with Gasteiger partial charge in [0, 0.05) is 0 Å². The molecule has 0 radical (unpaired) electrons. The van der Waals surface area contributed by atoms with E-state index >= 15 is 0 Å². The summed E-state index contributed by atoms with van der Waals surface area (Å²) in [7, 11) is -4.39. The predicted octanol–water partition coefficient (Wildman–Crippen LogP) is 2.51. The van der Waals surface area contributed by atoms with Crippen molar-refractivity contribution < 1.29 is 17.9 Å². The average molecular weight is 387 g/mol. The molecule has 0 aliphatic heterocycles. The Morgan fingerprint density at radius 2 is 1.83 bits per heavy atom. The number of ether oxygens (including phenoxy) is 1. The van der Waals surface area contributed by atoms with E-state index in [9.17, 15) is 13.2 Å². The van der Waals surface area contributed by atoms with Gasteiger partial charge in [0.15, 0.2) is 10.8 Å². The molecule has 1 aromatic carbocycles. The molecule has 11 heteroatoms. The fraction of sp³-hybridized carbons (Fsp3) is 0. The summed E-state index contributed by atoms with van der Waals surface area (Å²) in [4.78, 5) is 15.7. The zero-order valence-corrected chi connectivity index (χ0v) is 14.0. The molecule has 2 heterocycles. The third kappa shape index (κ3) is 3.28. The number of sulfonamides is 1. The first-order chi connectivity index (χ1) is 11.4. The normalized spacial score (nSPS) is 11.4. The summed E-state index contributed by atoms with van der Waals surface area (Å²) >= 11 is 11.6. The van der Waals surface area contributed by atoms with Crippen molar-refractivity contribution in [2.75, 3.05) is 0 Å². The minimum atomic E-state index is -4.39. The highest BCUT2D eigenvalue weighted by Crippen LogP contribution is 2.22. The average Bonchev–Trinajstić information content (AvgIpc) is 2.83. The van der Waals surface area contributed by atoms with Crippen LogP contribution >= 0.6 is 23.2 Å². The molecule has 8 nitrogen and oxygen atoms in total. The SMILES string of the molecule is O=C(NS(=O)(=O)c1c(Cl)nc2ccc(Cl)nn12)Oc1ccccc1. The second-order valence-electron chi connectivity index (χ2n) is 4.44. The molecule has 0 saturated carbocycles. The summed E-state index contributed by atoms with van der Waals surface area (Å²) in [6, 6.07) is 10.8. The Morgan fingerprint density at radius 1 is 1.12 bits per heavy atom. The molecule has 0 saturated heterocycles. The van der Waals surface area contributed by atoms with E-state index in [-0.39, 0.29) is 21.7 Å². The minimum absolute atomic E-state index is 0.0277. The van der Waals surface area contributed by atoms with Gasteiger partial charge in [-0.3, -0.25) is 0 Å². The van der Waals surface area contributed by atoms with Crippen LogP contribution in [0.4, 0.5) is 4.79 Å². The van der Waals surface area contributed by atoms with E-state index in [1.165, 1.54) is 24.3 Å². The maximum atomic E-state index is 12.4. The molecule has 124 valence electrons. The van der Waals surface area contributed by atoms with Crippen LogP contribution in [0.2, 0.25) is 10.3 Å². The molecule has 2 aromatic heterocycles. The first kappa shape index (κ1) is 16.5. The number of halogens is 2. The van der Waals surface area contributed by atoms with Crippen LogP contribution in [-0.4, -0.2) is 29.1 Å². The lowest BCUT2D eigenvalue weighted by Crippen LogP contribution is -2.34. The van der Waals surface area contributed by atoms with Gasteiger partial charge >= 0.3 is 6.09 Å². The van der Waals surface area contributed by atoms with E-state index in [2.05, 4.69) is 10.1 Å². The monoisotopic (exact) mass is 386 g/mol. The summed E-state index contributed by atoms with van der Waals surface area (Å²) in [6.45, 7) is 0. The van der Waals surface area contributed by atoms with E-state index in [1.54, 1.807) is 22.9 Å². The molecule has 24 heavy (non-hydrogen) atoms. The number of nitrogens with one attached hydrogen (secondary N) is 1. The smallest absolute Gasteiger partial charge is 0.410 e. The highest BCUT2D eigenvalue weighted by molar-refractivity contribution is 7.90. The molecule has 0 spiro atoms. The number of fused-ring (bicyclic) bond motifs is 1. The van der Waals surface area contributed by atoms with Crippen LogP contribution in [0, 0.1) is 0 Å². The van der Waals surface area contributed by atoms with Gasteiger partial charge in [0.25, 0.3) is 10.0 Å². The number of hydrogen-bond acceptors (Lipinski definition) is 6. The maximum Gasteiger partial charge on any atom is 0.426 e. The zero-order chi connectivity index (χ0) is 17.3. The molecule has 3 rings (SSSR count). The zero-order valence-electron chi connectivity index (χ0n) is 11.7. The molecule has 0 fully saturated rings. The summed E-state index contributed by atoms with van der Waals surface area (Å²) in [5.74, 6) is 0.176. The van der Waals surface area contributed by atoms with Gasteiger partial charge in [0.1, 0.15) is 10.9 Å². The Morgan fingerprint density at radius 3 is 2.54 bits per heavy atom. The molecule has 0 bridgehead atoms. The van der Waals surface area contributed by atoms with Crippen LogP contribution < -0.4 is 9.46 Å². The van der Waals surface area contributed by atoms with Crippen molar-refractivity contribution in [3.63, 3.8) is 0 Å². The van der Waals surface area contributed by atoms with Crippen LogP contribution in [0.3, 0.4) is 0 Å². The van der Waals surface area contributed by atoms with E-state index in [4.69, 9.17) is 27.9 Å². The Kier molecular flexibility index (Phi) is 4.31. The number of rotatable bonds is 3. The second kappa shape index (κ2) is 6.27. The van der Waals surface area contributed by atoms with Crippen molar-refractivity contribution in [2.24, 2.45) is 0 Å². The van der Waals surface area contributed by atoms with Gasteiger partial charge in [-0.1, -0.05) is 41.4 Å². The van der Waals surface area contributed by atoms with Gasteiger partial charge in [0.2, 0.25) is 5.03 Å². The molecule has 0 aliphatic carbocycles. The first-order valence-electron chi connectivity index (χ1n) is 6.37. The van der Waals surface area contributed by atoms with Crippen LogP contribution in [0.25, 0.3) is 5.65 Å². The van der Waals surface area contributed by atoms with Crippen molar-refractivity contribution in [1.29, 1.82) is 0 Å². The van der Waals surface area contributed by atoms with Crippen molar-refractivity contribution in [3.05, 3.63) is 52.8 Å². The van der Waals surface area contributed by atoms with Crippen molar-refractivity contribution in [1.82, 2.24) is 19.3 Å². The fourth-order valence-corrected chi connectivity index (χ4v) is 3.46. The van der Waals surface area contributed by atoms with Gasteiger partial charge in [-0.2, -0.15) is 18.0 Å². The van der Waals surface area contributed by atoms with Gasteiger partial charge in [-0.15, -0.1) is 0 Å². The Balaban J connectivity index is 1.92. The maximum absolute atomic E-state index is 12.4. The predicted molar refractivity (Wildman–Crippen MR) is 85.8 cm³/mol. The van der Waals surface area contributed by atoms with Crippen LogP contribution in [0.5, 0.6) is 5.75 Å². The lowest BCUT2D eigenvalue weighted by atomic mass is 10.3. The summed E-state index contributed by atoms with van der Waals surface area (Å²) in [5, 5.41) is 2.97. The summed E-state index contributed by atoms with van der Waals surface area (Å²) in [6.07, 6.45) is -1.20. The van der Waals surface area contributed by atoms with E-state index in [0.29, 0.717) is 0 Å². The third-order valence-electron chi connectivity index (χ3n) is 2.79. The Bertz CT molecular complexity index is 1020. The standard InChI is InChI=1S/C13H8Cl2N4O4S/c14-9-6-7-10-16-11(15)12(19(10)17-9)24(21,22)18-13(20)23-8-4-2-1-3-5-8/h1-7H,(H,18,20). The lowest BCUT2D eigenvalue weighted by molar-refractivity contribution is 0.206. The largest absolute Gasteiger partial charge is 0.426 e. The van der Waals surface area contributed by atoms with Crippen molar-refractivity contribution >= 4 is 45.0 Å². The number of imidazole rings is 1. The van der Waals surface area contributed by atoms with Gasteiger partial charge in [-0.05, 0) is 24.3 Å². The van der Waals surface area contributed by atoms with Crippen molar-refractivity contribution in [2.45, 2.75) is 5.03 Å². The number of benzene rings is 1. The van der Waals surface area contributed by atoms with E-state index < -0.39 is 21.1 Å². The molecule has 1 N–H and O–H groups in total. The number of para-hydroxylation sites is 1. The number of amides is 1. The molecule has 0 aliphatic rings. The quantitative estimate of drug-likeness (QED) is 0.741. The topological polar surface area (TPSA) is 103 Å². The van der Waals surface area contributed by atoms with Crippen molar-refractivity contribution in [3.8, 4) is 5.75 Å². The fourth-order valence-electron chi connectivity index (χ4n) is 1.86. The van der Waals surface area contributed by atoms with Gasteiger partial charge in [0.05, 0.1) is 0 Å². The molecular weight excluding hydrogens is 379 g/mol. The molecule has 1 amide bonds. The van der Waals surface area contributed by atoms with Crippen LogP contribution in [0.1, 0.15) is 0 Å². The Hall–Kier alpha value is -2.36. The van der Waals surface area contributed by atoms with E-state index in [0.717, 1.165) is 4.52 Å². The molecular formula is C13H8Cl2N4O4S. The number of carbonyl (C=O) groups is 1.